The maximum Gasteiger partial charge on any atom is 0.262 e. The van der Waals surface area contributed by atoms with Crippen LogP contribution in [0.25, 0.3) is 0 Å². The predicted molar refractivity (Wildman–Crippen MR) is 110 cm³/mol. The number of rotatable bonds is 7. The van der Waals surface area contributed by atoms with Gasteiger partial charge in [-0.3, -0.25) is 9.59 Å². The first kappa shape index (κ1) is 20.2. The number of nitrogens with zero attached hydrogens (tertiary/aromatic N) is 1. The zero-order valence-corrected chi connectivity index (χ0v) is 16.7. The van der Waals surface area contributed by atoms with Gasteiger partial charge in [-0.15, -0.1) is 0 Å². The third-order valence-corrected chi connectivity index (χ3v) is 4.63. The molecule has 0 spiro atoms. The molecule has 1 aliphatic rings. The predicted octanol–water partition coefficient (Wildman–Crippen LogP) is 4.26. The Kier molecular flexibility index (Phi) is 6.54. The highest BCUT2D eigenvalue weighted by Gasteiger charge is 2.29. The van der Waals surface area contributed by atoms with E-state index in [2.05, 4.69) is 15.8 Å². The van der Waals surface area contributed by atoms with Crippen molar-refractivity contribution in [1.29, 1.82) is 0 Å². The number of hydrogen-bond acceptors (Lipinski definition) is 4. The molecule has 2 amide bonds. The summed E-state index contributed by atoms with van der Waals surface area (Å²) >= 11 is 11.9. The first-order chi connectivity index (χ1) is 13.4. The molecule has 0 aromatic heterocycles. The number of benzene rings is 2. The van der Waals surface area contributed by atoms with E-state index in [1.807, 2.05) is 6.07 Å². The molecule has 0 heterocycles. The molecule has 0 radical (unpaired) electrons. The molecule has 2 N–H and O–H groups in total. The minimum Gasteiger partial charge on any atom is -0.482 e. The fourth-order valence-corrected chi connectivity index (χ4v) is 2.86. The van der Waals surface area contributed by atoms with Gasteiger partial charge < -0.3 is 10.1 Å². The maximum absolute atomic E-state index is 12.1. The zero-order chi connectivity index (χ0) is 20.1. The van der Waals surface area contributed by atoms with Crippen molar-refractivity contribution in [3.63, 3.8) is 0 Å². The Morgan fingerprint density at radius 3 is 2.68 bits per heavy atom. The van der Waals surface area contributed by atoms with E-state index in [-0.39, 0.29) is 24.3 Å². The topological polar surface area (TPSA) is 79.8 Å². The average molecular weight is 420 g/mol. The first-order valence-electron chi connectivity index (χ1n) is 8.74. The fourth-order valence-electron chi connectivity index (χ4n) is 2.39. The number of carbonyl (C=O) groups is 2. The van der Waals surface area contributed by atoms with Gasteiger partial charge in [0.2, 0.25) is 5.91 Å². The van der Waals surface area contributed by atoms with E-state index in [1.165, 1.54) is 0 Å². The van der Waals surface area contributed by atoms with E-state index in [0.29, 0.717) is 27.2 Å². The number of hydrogen-bond donors (Lipinski definition) is 2. The molecular weight excluding hydrogens is 401 g/mol. The van der Waals surface area contributed by atoms with Crippen LogP contribution in [0.3, 0.4) is 0 Å². The Labute approximate surface area is 172 Å². The molecule has 1 fully saturated rings. The lowest BCUT2D eigenvalue weighted by Crippen LogP contribution is -2.21. The van der Waals surface area contributed by atoms with E-state index < -0.39 is 0 Å². The second-order valence-corrected chi connectivity index (χ2v) is 7.28. The molecule has 28 heavy (non-hydrogen) atoms. The second-order valence-electron chi connectivity index (χ2n) is 6.44. The molecule has 0 saturated heterocycles. The molecule has 0 aliphatic heterocycles. The SMILES string of the molecule is C/C(=N\NC(=O)C1CC1)c1cccc(NC(=O)COc2ccc(Cl)cc2Cl)c1. The van der Waals surface area contributed by atoms with Crippen LogP contribution in [0.15, 0.2) is 47.6 Å². The Bertz CT molecular complexity index is 927. The van der Waals surface area contributed by atoms with E-state index >= 15 is 0 Å². The summed E-state index contributed by atoms with van der Waals surface area (Å²) in [5, 5.41) is 7.70. The van der Waals surface area contributed by atoms with Crippen LogP contribution in [-0.2, 0) is 9.59 Å². The number of nitrogens with one attached hydrogen (secondary N) is 2. The summed E-state index contributed by atoms with van der Waals surface area (Å²) in [7, 11) is 0. The molecule has 1 saturated carbocycles. The van der Waals surface area contributed by atoms with Gasteiger partial charge in [0.25, 0.3) is 5.91 Å². The van der Waals surface area contributed by atoms with Crippen molar-refractivity contribution in [2.45, 2.75) is 19.8 Å². The summed E-state index contributed by atoms with van der Waals surface area (Å²) in [4.78, 5) is 23.8. The standard InChI is InChI=1S/C20H19Cl2N3O3/c1-12(24-25-20(27)13-5-6-13)14-3-2-4-16(9-14)23-19(26)11-28-18-8-7-15(21)10-17(18)22/h2-4,7-10,13H,5-6,11H2,1H3,(H,23,26)(H,25,27)/b24-12+. The summed E-state index contributed by atoms with van der Waals surface area (Å²) in [5.74, 6) is 0.0854. The van der Waals surface area contributed by atoms with Gasteiger partial charge in [0.1, 0.15) is 5.75 Å². The number of amides is 2. The van der Waals surface area contributed by atoms with Crippen molar-refractivity contribution in [3.05, 3.63) is 58.1 Å². The Balaban J connectivity index is 1.56. The third kappa shape index (κ3) is 5.71. The molecule has 0 atom stereocenters. The van der Waals surface area contributed by atoms with Crippen LogP contribution in [0.5, 0.6) is 5.75 Å². The summed E-state index contributed by atoms with van der Waals surface area (Å²) in [5.41, 5.74) is 4.60. The highest BCUT2D eigenvalue weighted by Crippen LogP contribution is 2.29. The summed E-state index contributed by atoms with van der Waals surface area (Å²) in [6, 6.07) is 12.0. The lowest BCUT2D eigenvalue weighted by molar-refractivity contribution is -0.122. The van der Waals surface area contributed by atoms with Crippen LogP contribution in [0.2, 0.25) is 10.0 Å². The van der Waals surface area contributed by atoms with Crippen LogP contribution >= 0.6 is 23.2 Å². The summed E-state index contributed by atoms with van der Waals surface area (Å²) in [6.45, 7) is 1.59. The normalized spacial score (nSPS) is 13.8. The van der Waals surface area contributed by atoms with Crippen LogP contribution in [-0.4, -0.2) is 24.1 Å². The number of hydrazone groups is 1. The lowest BCUT2D eigenvalue weighted by atomic mass is 10.1. The number of anilines is 1. The van der Waals surface area contributed by atoms with Crippen molar-refractivity contribution in [2.24, 2.45) is 11.0 Å². The first-order valence-corrected chi connectivity index (χ1v) is 9.50. The monoisotopic (exact) mass is 419 g/mol. The largest absolute Gasteiger partial charge is 0.482 e. The van der Waals surface area contributed by atoms with Gasteiger partial charge in [-0.1, -0.05) is 35.3 Å². The highest BCUT2D eigenvalue weighted by molar-refractivity contribution is 6.35. The van der Waals surface area contributed by atoms with E-state index in [1.54, 1.807) is 43.3 Å². The summed E-state index contributed by atoms with van der Waals surface area (Å²) in [6.07, 6.45) is 1.84. The van der Waals surface area contributed by atoms with Crippen molar-refractivity contribution in [1.82, 2.24) is 5.43 Å². The molecule has 2 aromatic carbocycles. The van der Waals surface area contributed by atoms with Crippen molar-refractivity contribution in [3.8, 4) is 5.75 Å². The molecule has 2 aromatic rings. The van der Waals surface area contributed by atoms with Gasteiger partial charge in [-0.05, 0) is 55.7 Å². The molecule has 0 bridgehead atoms. The van der Waals surface area contributed by atoms with Gasteiger partial charge in [0, 0.05) is 16.6 Å². The highest BCUT2D eigenvalue weighted by atomic mass is 35.5. The van der Waals surface area contributed by atoms with Gasteiger partial charge in [0.05, 0.1) is 10.7 Å². The molecule has 146 valence electrons. The molecule has 0 unspecified atom stereocenters. The Hall–Kier alpha value is -2.57. The molecule has 8 heteroatoms. The molecule has 3 rings (SSSR count). The summed E-state index contributed by atoms with van der Waals surface area (Å²) < 4.78 is 5.42. The Morgan fingerprint density at radius 2 is 1.96 bits per heavy atom. The Morgan fingerprint density at radius 1 is 1.18 bits per heavy atom. The van der Waals surface area contributed by atoms with Gasteiger partial charge in [0.15, 0.2) is 6.61 Å². The number of ether oxygens (including phenoxy) is 1. The van der Waals surface area contributed by atoms with Crippen LogP contribution in [0, 0.1) is 5.92 Å². The van der Waals surface area contributed by atoms with Gasteiger partial charge in [-0.25, -0.2) is 5.43 Å². The smallest absolute Gasteiger partial charge is 0.262 e. The van der Waals surface area contributed by atoms with E-state index in [4.69, 9.17) is 27.9 Å². The van der Waals surface area contributed by atoms with Crippen LogP contribution in [0.1, 0.15) is 25.3 Å². The lowest BCUT2D eigenvalue weighted by Gasteiger charge is -2.10. The second kappa shape index (κ2) is 9.08. The van der Waals surface area contributed by atoms with E-state index in [9.17, 15) is 9.59 Å². The maximum atomic E-state index is 12.1. The molecule has 1 aliphatic carbocycles. The van der Waals surface area contributed by atoms with Gasteiger partial charge >= 0.3 is 0 Å². The molecular formula is C20H19Cl2N3O3. The third-order valence-electron chi connectivity index (χ3n) is 4.10. The number of carbonyl (C=O) groups excluding carboxylic acids is 2. The molecule has 6 nitrogen and oxygen atoms in total. The van der Waals surface area contributed by atoms with Crippen molar-refractivity contribution in [2.75, 3.05) is 11.9 Å². The van der Waals surface area contributed by atoms with Crippen LogP contribution in [0.4, 0.5) is 5.69 Å². The van der Waals surface area contributed by atoms with Crippen LogP contribution < -0.4 is 15.5 Å². The minimum absolute atomic E-state index is 0.0539. The fraction of sp³-hybridized carbons (Fsp3) is 0.250. The van der Waals surface area contributed by atoms with E-state index in [0.717, 1.165) is 18.4 Å². The van der Waals surface area contributed by atoms with Crippen molar-refractivity contribution >= 4 is 46.4 Å². The number of halogens is 2. The quantitative estimate of drug-likeness (QED) is 0.519. The minimum atomic E-state index is -0.334. The van der Waals surface area contributed by atoms with Gasteiger partial charge in [-0.2, -0.15) is 5.10 Å². The zero-order valence-electron chi connectivity index (χ0n) is 15.2. The average Bonchev–Trinajstić information content (AvgIpc) is 3.50. The van der Waals surface area contributed by atoms with Crippen molar-refractivity contribution < 1.29 is 14.3 Å².